The Morgan fingerprint density at radius 2 is 1.95 bits per heavy atom. The molecular formula is C15H15NO4. The highest BCUT2D eigenvalue weighted by Crippen LogP contribution is 2.32. The molecule has 1 aromatic rings. The maximum absolute atomic E-state index is 11.5. The molecule has 0 spiro atoms. The summed E-state index contributed by atoms with van der Waals surface area (Å²) in [6.07, 6.45) is -0.153. The van der Waals surface area contributed by atoms with Crippen LogP contribution in [-0.4, -0.2) is 19.0 Å². The van der Waals surface area contributed by atoms with E-state index < -0.39 is 17.5 Å². The molecule has 0 aliphatic heterocycles. The number of esters is 2. The minimum Gasteiger partial charge on any atom is -0.466 e. The number of hydrogen-bond acceptors (Lipinski definition) is 5. The van der Waals surface area contributed by atoms with E-state index in [1.54, 1.807) is 30.3 Å². The predicted octanol–water partition coefficient (Wildman–Crippen LogP) is 2.09. The summed E-state index contributed by atoms with van der Waals surface area (Å²) in [5, 5.41) is 9.46. The second-order valence-corrected chi connectivity index (χ2v) is 4.17. The topological polar surface area (TPSA) is 76.4 Å². The number of nitriles is 1. The smallest absolute Gasteiger partial charge is 0.333 e. The minimum absolute atomic E-state index is 0.0548. The lowest BCUT2D eigenvalue weighted by molar-refractivity contribution is -0.153. The lowest BCUT2D eigenvalue weighted by Crippen LogP contribution is -2.32. The van der Waals surface area contributed by atoms with E-state index in [-0.39, 0.29) is 12.0 Å². The highest BCUT2D eigenvalue weighted by Gasteiger charge is 2.38. The predicted molar refractivity (Wildman–Crippen MR) is 71.3 cm³/mol. The van der Waals surface area contributed by atoms with Crippen LogP contribution in [0.3, 0.4) is 0 Å². The Labute approximate surface area is 117 Å². The van der Waals surface area contributed by atoms with Gasteiger partial charge in [-0.2, -0.15) is 5.26 Å². The Kier molecular flexibility index (Phi) is 5.04. The lowest BCUT2D eigenvalue weighted by Gasteiger charge is -2.26. The monoisotopic (exact) mass is 273 g/mol. The summed E-state index contributed by atoms with van der Waals surface area (Å²) in [6, 6.07) is 10.5. The number of carbonyl (C=O) groups excluding carboxylic acids is 2. The fourth-order valence-electron chi connectivity index (χ4n) is 1.79. The summed E-state index contributed by atoms with van der Waals surface area (Å²) in [5.74, 6) is -1.26. The zero-order chi connectivity index (χ0) is 15.2. The highest BCUT2D eigenvalue weighted by atomic mass is 16.6. The van der Waals surface area contributed by atoms with Crippen LogP contribution in [0.15, 0.2) is 42.5 Å². The molecule has 0 amide bonds. The van der Waals surface area contributed by atoms with Gasteiger partial charge in [-0.05, 0) is 0 Å². The maximum atomic E-state index is 11.5. The van der Waals surface area contributed by atoms with Crippen molar-refractivity contribution in [2.24, 2.45) is 0 Å². The van der Waals surface area contributed by atoms with Crippen LogP contribution in [0, 0.1) is 11.3 Å². The third-order valence-corrected chi connectivity index (χ3v) is 2.68. The molecule has 5 nitrogen and oxygen atoms in total. The van der Waals surface area contributed by atoms with E-state index in [9.17, 15) is 14.9 Å². The number of hydrogen-bond donors (Lipinski definition) is 0. The van der Waals surface area contributed by atoms with Gasteiger partial charge in [0, 0.05) is 24.5 Å². The van der Waals surface area contributed by atoms with E-state index in [0.717, 1.165) is 0 Å². The number of rotatable bonds is 5. The summed E-state index contributed by atoms with van der Waals surface area (Å²) in [5.41, 5.74) is -1.06. The van der Waals surface area contributed by atoms with Gasteiger partial charge in [0.25, 0.3) is 0 Å². The van der Waals surface area contributed by atoms with Gasteiger partial charge in [0.05, 0.1) is 7.11 Å². The van der Waals surface area contributed by atoms with Gasteiger partial charge in [-0.25, -0.2) is 4.79 Å². The van der Waals surface area contributed by atoms with Crippen LogP contribution in [0.2, 0.25) is 0 Å². The van der Waals surface area contributed by atoms with E-state index in [2.05, 4.69) is 11.3 Å². The molecule has 20 heavy (non-hydrogen) atoms. The summed E-state index contributed by atoms with van der Waals surface area (Å²) >= 11 is 0. The second-order valence-electron chi connectivity index (χ2n) is 4.17. The molecule has 5 heteroatoms. The molecule has 0 radical (unpaired) electrons. The number of benzene rings is 1. The van der Waals surface area contributed by atoms with Gasteiger partial charge < -0.3 is 9.47 Å². The van der Waals surface area contributed by atoms with E-state index >= 15 is 0 Å². The Morgan fingerprint density at radius 1 is 1.35 bits per heavy atom. The SMILES string of the molecule is C=C(CC(C#N)(OC(C)=O)c1ccccc1)C(=O)OC. The number of carbonyl (C=O) groups is 2. The van der Waals surface area contributed by atoms with E-state index in [0.29, 0.717) is 5.56 Å². The van der Waals surface area contributed by atoms with Crippen molar-refractivity contribution < 1.29 is 19.1 Å². The zero-order valence-corrected chi connectivity index (χ0v) is 11.4. The molecule has 0 N–H and O–H groups in total. The van der Waals surface area contributed by atoms with Crippen molar-refractivity contribution in [2.75, 3.05) is 7.11 Å². The summed E-state index contributed by atoms with van der Waals surface area (Å²) in [7, 11) is 1.22. The van der Waals surface area contributed by atoms with E-state index in [1.807, 2.05) is 6.07 Å². The van der Waals surface area contributed by atoms with Gasteiger partial charge >= 0.3 is 11.9 Å². The third kappa shape index (κ3) is 3.45. The first-order valence-corrected chi connectivity index (χ1v) is 5.87. The van der Waals surface area contributed by atoms with Crippen molar-refractivity contribution in [1.29, 1.82) is 5.26 Å². The van der Waals surface area contributed by atoms with Crippen molar-refractivity contribution in [2.45, 2.75) is 18.9 Å². The molecule has 0 saturated heterocycles. The van der Waals surface area contributed by atoms with Crippen LogP contribution in [0.1, 0.15) is 18.9 Å². The molecule has 0 saturated carbocycles. The molecule has 0 aromatic heterocycles. The van der Waals surface area contributed by atoms with Gasteiger partial charge in [-0.1, -0.05) is 36.9 Å². The van der Waals surface area contributed by atoms with Gasteiger partial charge in [0.2, 0.25) is 5.60 Å². The number of methoxy groups -OCH3 is 1. The summed E-state index contributed by atoms with van der Waals surface area (Å²) in [4.78, 5) is 22.7. The Balaban J connectivity index is 3.20. The van der Waals surface area contributed by atoms with Crippen molar-refractivity contribution in [3.05, 3.63) is 48.0 Å². The quantitative estimate of drug-likeness (QED) is 0.606. The van der Waals surface area contributed by atoms with Crippen LogP contribution >= 0.6 is 0 Å². The maximum Gasteiger partial charge on any atom is 0.333 e. The first-order chi connectivity index (χ1) is 9.45. The molecule has 104 valence electrons. The molecule has 1 atom stereocenters. The Morgan fingerprint density at radius 3 is 2.40 bits per heavy atom. The average molecular weight is 273 g/mol. The summed E-state index contributed by atoms with van der Waals surface area (Å²) in [6.45, 7) is 4.78. The van der Waals surface area contributed by atoms with Crippen molar-refractivity contribution in [3.63, 3.8) is 0 Å². The van der Waals surface area contributed by atoms with E-state index in [4.69, 9.17) is 4.74 Å². The largest absolute Gasteiger partial charge is 0.466 e. The zero-order valence-electron chi connectivity index (χ0n) is 11.4. The number of ether oxygens (including phenoxy) is 2. The summed E-state index contributed by atoms with van der Waals surface area (Å²) < 4.78 is 9.72. The van der Waals surface area contributed by atoms with Crippen molar-refractivity contribution in [1.82, 2.24) is 0 Å². The lowest BCUT2D eigenvalue weighted by atomic mass is 9.88. The molecular weight excluding hydrogens is 258 g/mol. The molecule has 0 heterocycles. The molecule has 1 rings (SSSR count). The highest BCUT2D eigenvalue weighted by molar-refractivity contribution is 5.88. The fourth-order valence-corrected chi connectivity index (χ4v) is 1.79. The average Bonchev–Trinajstić information content (AvgIpc) is 2.45. The van der Waals surface area contributed by atoms with Crippen LogP contribution in [0.25, 0.3) is 0 Å². The molecule has 0 aliphatic rings. The molecule has 0 bridgehead atoms. The van der Waals surface area contributed by atoms with Gasteiger partial charge in [0.1, 0.15) is 6.07 Å². The molecule has 1 aromatic carbocycles. The van der Waals surface area contributed by atoms with Gasteiger partial charge in [-0.15, -0.1) is 0 Å². The van der Waals surface area contributed by atoms with Crippen molar-refractivity contribution in [3.8, 4) is 6.07 Å². The van der Waals surface area contributed by atoms with Gasteiger partial charge in [0.15, 0.2) is 0 Å². The molecule has 0 aliphatic carbocycles. The minimum atomic E-state index is -1.58. The van der Waals surface area contributed by atoms with Gasteiger partial charge in [-0.3, -0.25) is 4.79 Å². The van der Waals surface area contributed by atoms with Crippen LogP contribution in [-0.2, 0) is 24.7 Å². The first kappa shape index (κ1) is 15.4. The second kappa shape index (κ2) is 6.53. The fraction of sp³-hybridized carbons (Fsp3) is 0.267. The molecule has 0 fully saturated rings. The third-order valence-electron chi connectivity index (χ3n) is 2.68. The van der Waals surface area contributed by atoms with Crippen LogP contribution in [0.5, 0.6) is 0 Å². The normalized spacial score (nSPS) is 12.7. The molecule has 1 unspecified atom stereocenters. The Bertz CT molecular complexity index is 559. The van der Waals surface area contributed by atoms with Crippen LogP contribution in [0.4, 0.5) is 0 Å². The van der Waals surface area contributed by atoms with E-state index in [1.165, 1.54) is 14.0 Å². The van der Waals surface area contributed by atoms with Crippen LogP contribution < -0.4 is 0 Å². The standard InChI is InChI=1S/C15H15NO4/c1-11(14(18)19-3)9-15(10-16,20-12(2)17)13-7-5-4-6-8-13/h4-8H,1,9H2,2-3H3. The Hall–Kier alpha value is -2.61. The number of nitrogens with zero attached hydrogens (tertiary/aromatic N) is 1. The van der Waals surface area contributed by atoms with Crippen molar-refractivity contribution >= 4 is 11.9 Å². The first-order valence-electron chi connectivity index (χ1n) is 5.87.